The van der Waals surface area contributed by atoms with E-state index in [4.69, 9.17) is 11.6 Å². The van der Waals surface area contributed by atoms with Gasteiger partial charge in [-0.05, 0) is 43.2 Å². The Hall–Kier alpha value is -1.74. The summed E-state index contributed by atoms with van der Waals surface area (Å²) in [5.41, 5.74) is 1.38. The number of carbonyl (C=O) groups is 3. The van der Waals surface area contributed by atoms with Gasteiger partial charge in [0.25, 0.3) is 0 Å². The van der Waals surface area contributed by atoms with Gasteiger partial charge in [-0.15, -0.1) is 0 Å². The van der Waals surface area contributed by atoms with Crippen molar-refractivity contribution in [3.05, 3.63) is 41.0 Å². The van der Waals surface area contributed by atoms with Gasteiger partial charge in [0.2, 0.25) is 5.24 Å². The molecule has 0 fully saturated rings. The van der Waals surface area contributed by atoms with Gasteiger partial charge in [-0.1, -0.05) is 18.2 Å². The Morgan fingerprint density at radius 3 is 2.12 bits per heavy atom. The number of carbonyl (C=O) groups excluding carboxylic acids is 3. The minimum atomic E-state index is -0.593. The standard InChI is InChI=1S/C13H11ClO3/c1-8(15)11-5-3-10(4-6-13(14)17)7-12(11)9(2)16/h3-7H,1-2H3. The highest BCUT2D eigenvalue weighted by molar-refractivity contribution is 6.66. The molecule has 0 amide bonds. The van der Waals surface area contributed by atoms with E-state index >= 15 is 0 Å². The van der Waals surface area contributed by atoms with Crippen molar-refractivity contribution in [2.75, 3.05) is 0 Å². The normalized spacial score (nSPS) is 10.5. The molecule has 0 unspecified atom stereocenters. The van der Waals surface area contributed by atoms with E-state index in [1.807, 2.05) is 0 Å². The van der Waals surface area contributed by atoms with Gasteiger partial charge in [0, 0.05) is 11.1 Å². The lowest BCUT2D eigenvalue weighted by Crippen LogP contribution is -2.04. The van der Waals surface area contributed by atoms with Gasteiger partial charge < -0.3 is 0 Å². The number of hydrogen-bond acceptors (Lipinski definition) is 3. The van der Waals surface area contributed by atoms with E-state index in [0.717, 1.165) is 0 Å². The summed E-state index contributed by atoms with van der Waals surface area (Å²) < 4.78 is 0. The maximum absolute atomic E-state index is 11.4. The molecular formula is C13H11ClO3. The van der Waals surface area contributed by atoms with Crippen molar-refractivity contribution in [2.24, 2.45) is 0 Å². The number of halogens is 1. The number of Topliss-reactive ketones (excluding diaryl/α,β-unsaturated/α-hetero) is 2. The molecule has 1 aromatic rings. The highest BCUT2D eigenvalue weighted by Crippen LogP contribution is 2.15. The van der Waals surface area contributed by atoms with Crippen LogP contribution in [0.5, 0.6) is 0 Å². The molecule has 0 spiro atoms. The maximum atomic E-state index is 11.4. The zero-order chi connectivity index (χ0) is 13.0. The molecule has 0 saturated heterocycles. The maximum Gasteiger partial charge on any atom is 0.245 e. The van der Waals surface area contributed by atoms with E-state index in [1.54, 1.807) is 18.2 Å². The molecule has 88 valence electrons. The third-order valence-electron chi connectivity index (χ3n) is 2.21. The zero-order valence-corrected chi connectivity index (χ0v) is 10.2. The van der Waals surface area contributed by atoms with E-state index in [1.165, 1.54) is 26.0 Å². The number of allylic oxidation sites excluding steroid dienone is 1. The number of rotatable bonds is 4. The molecule has 0 heterocycles. The summed E-state index contributed by atoms with van der Waals surface area (Å²) >= 11 is 5.16. The summed E-state index contributed by atoms with van der Waals surface area (Å²) in [6, 6.07) is 4.78. The van der Waals surface area contributed by atoms with Crippen molar-refractivity contribution in [3.8, 4) is 0 Å². The SMILES string of the molecule is CC(=O)c1ccc(C=CC(=O)Cl)cc1C(C)=O. The molecule has 1 rings (SSSR count). The lowest BCUT2D eigenvalue weighted by Gasteiger charge is -2.04. The van der Waals surface area contributed by atoms with Crippen molar-refractivity contribution in [1.29, 1.82) is 0 Å². The van der Waals surface area contributed by atoms with Crippen molar-refractivity contribution >= 4 is 34.5 Å². The molecule has 0 aliphatic rings. The summed E-state index contributed by atoms with van der Waals surface area (Å²) in [7, 11) is 0. The van der Waals surface area contributed by atoms with E-state index < -0.39 is 5.24 Å². The Morgan fingerprint density at radius 2 is 1.65 bits per heavy atom. The van der Waals surface area contributed by atoms with E-state index in [-0.39, 0.29) is 11.6 Å². The highest BCUT2D eigenvalue weighted by Gasteiger charge is 2.11. The van der Waals surface area contributed by atoms with Gasteiger partial charge >= 0.3 is 0 Å². The minimum absolute atomic E-state index is 0.167. The monoisotopic (exact) mass is 250 g/mol. The number of ketones is 2. The van der Waals surface area contributed by atoms with Crippen LogP contribution in [-0.2, 0) is 4.79 Å². The second-order valence-electron chi connectivity index (χ2n) is 3.55. The van der Waals surface area contributed by atoms with E-state index in [2.05, 4.69) is 0 Å². The summed E-state index contributed by atoms with van der Waals surface area (Å²) in [4.78, 5) is 33.3. The van der Waals surface area contributed by atoms with Crippen molar-refractivity contribution in [1.82, 2.24) is 0 Å². The Balaban J connectivity index is 3.23. The van der Waals surface area contributed by atoms with Crippen LogP contribution < -0.4 is 0 Å². The van der Waals surface area contributed by atoms with Gasteiger partial charge in [-0.3, -0.25) is 14.4 Å². The summed E-state index contributed by atoms with van der Waals surface area (Å²) in [6.45, 7) is 2.79. The van der Waals surface area contributed by atoms with Crippen molar-refractivity contribution in [3.63, 3.8) is 0 Å². The highest BCUT2D eigenvalue weighted by atomic mass is 35.5. The Labute approximate surface area is 104 Å². The quantitative estimate of drug-likeness (QED) is 0.469. The molecule has 0 N–H and O–H groups in total. The Kier molecular flexibility index (Phi) is 4.35. The largest absolute Gasteiger partial charge is 0.294 e. The van der Waals surface area contributed by atoms with Gasteiger partial charge in [0.15, 0.2) is 11.6 Å². The topological polar surface area (TPSA) is 51.2 Å². The number of hydrogen-bond donors (Lipinski definition) is 0. The third-order valence-corrected chi connectivity index (χ3v) is 2.34. The first kappa shape index (κ1) is 13.3. The van der Waals surface area contributed by atoms with Crippen LogP contribution in [0.25, 0.3) is 6.08 Å². The molecular weight excluding hydrogens is 240 g/mol. The van der Waals surface area contributed by atoms with Crippen molar-refractivity contribution < 1.29 is 14.4 Å². The second-order valence-corrected chi connectivity index (χ2v) is 3.93. The van der Waals surface area contributed by atoms with Crippen LogP contribution in [-0.4, -0.2) is 16.8 Å². The molecule has 0 aliphatic carbocycles. The van der Waals surface area contributed by atoms with Crippen LogP contribution in [0.1, 0.15) is 40.1 Å². The molecule has 3 nitrogen and oxygen atoms in total. The van der Waals surface area contributed by atoms with E-state index in [9.17, 15) is 14.4 Å². The average molecular weight is 251 g/mol. The van der Waals surface area contributed by atoms with Crippen molar-refractivity contribution in [2.45, 2.75) is 13.8 Å². The summed E-state index contributed by atoms with van der Waals surface area (Å²) in [5, 5.41) is -0.593. The van der Waals surface area contributed by atoms with Gasteiger partial charge in [-0.25, -0.2) is 0 Å². The molecule has 17 heavy (non-hydrogen) atoms. The first-order chi connectivity index (χ1) is 7.91. The first-order valence-corrected chi connectivity index (χ1v) is 5.33. The van der Waals surface area contributed by atoms with Gasteiger partial charge in [0.05, 0.1) is 0 Å². The predicted octanol–water partition coefficient (Wildman–Crippen LogP) is 2.87. The molecule has 0 saturated carbocycles. The zero-order valence-electron chi connectivity index (χ0n) is 9.49. The van der Waals surface area contributed by atoms with Crippen LogP contribution in [0.4, 0.5) is 0 Å². The van der Waals surface area contributed by atoms with Crippen LogP contribution in [0, 0.1) is 0 Å². The third kappa shape index (κ3) is 3.64. The summed E-state index contributed by atoms with van der Waals surface area (Å²) in [6.07, 6.45) is 2.68. The fourth-order valence-corrected chi connectivity index (χ4v) is 1.49. The molecule has 1 aromatic carbocycles. The molecule has 0 aliphatic heterocycles. The lowest BCUT2D eigenvalue weighted by atomic mass is 9.98. The fourth-order valence-electron chi connectivity index (χ4n) is 1.43. The minimum Gasteiger partial charge on any atom is -0.294 e. The smallest absolute Gasteiger partial charge is 0.245 e. The van der Waals surface area contributed by atoms with E-state index in [0.29, 0.717) is 16.7 Å². The molecule has 0 atom stereocenters. The molecule has 4 heteroatoms. The number of benzene rings is 1. The fraction of sp³-hybridized carbons (Fsp3) is 0.154. The van der Waals surface area contributed by atoms with Crippen LogP contribution in [0.3, 0.4) is 0 Å². The van der Waals surface area contributed by atoms with Crippen LogP contribution >= 0.6 is 11.6 Å². The van der Waals surface area contributed by atoms with Gasteiger partial charge in [-0.2, -0.15) is 0 Å². The van der Waals surface area contributed by atoms with Gasteiger partial charge in [0.1, 0.15) is 0 Å². The first-order valence-electron chi connectivity index (χ1n) is 4.95. The van der Waals surface area contributed by atoms with Crippen LogP contribution in [0.15, 0.2) is 24.3 Å². The summed E-state index contributed by atoms with van der Waals surface area (Å²) in [5.74, 6) is -0.359. The average Bonchev–Trinajstić information content (AvgIpc) is 2.25. The lowest BCUT2D eigenvalue weighted by molar-refractivity contribution is -0.107. The predicted molar refractivity (Wildman–Crippen MR) is 66.3 cm³/mol. The van der Waals surface area contributed by atoms with Crippen LogP contribution in [0.2, 0.25) is 0 Å². The molecule has 0 radical (unpaired) electrons. The molecule has 0 bridgehead atoms. The Bertz CT molecular complexity index is 515. The second kappa shape index (κ2) is 5.55. The Morgan fingerprint density at radius 1 is 1.06 bits per heavy atom. The molecule has 0 aromatic heterocycles.